The number of carbonyl (C=O) groups is 1. The molecule has 1 aromatic heterocycles. The number of nitrogens with zero attached hydrogens (tertiary/aromatic N) is 1. The highest BCUT2D eigenvalue weighted by molar-refractivity contribution is 5.87. The van der Waals surface area contributed by atoms with Crippen LogP contribution in [0.15, 0.2) is 12.3 Å². The van der Waals surface area contributed by atoms with Gasteiger partial charge in [0.15, 0.2) is 6.20 Å². The number of esters is 1. The fourth-order valence-corrected chi connectivity index (χ4v) is 1.18. The van der Waals surface area contributed by atoms with Crippen molar-refractivity contribution in [1.82, 2.24) is 0 Å². The van der Waals surface area contributed by atoms with Crippen molar-refractivity contribution < 1.29 is 19.0 Å². The zero-order valence-electron chi connectivity index (χ0n) is 8.23. The summed E-state index contributed by atoms with van der Waals surface area (Å²) in [5.41, 5.74) is 0.420. The fraction of sp³-hybridized carbons (Fsp3) is 0.333. The largest absolute Gasteiger partial charge is 0.618 e. The maximum Gasteiger partial charge on any atom is 0.405 e. The van der Waals surface area contributed by atoms with E-state index in [1.54, 1.807) is 6.92 Å². The predicted octanol–water partition coefficient (Wildman–Crippen LogP) is 0.424. The van der Waals surface area contributed by atoms with Crippen molar-refractivity contribution >= 4 is 5.97 Å². The monoisotopic (exact) mass is 197 g/mol. The van der Waals surface area contributed by atoms with Gasteiger partial charge in [-0.1, -0.05) is 0 Å². The predicted molar refractivity (Wildman–Crippen MR) is 48.0 cm³/mol. The normalized spacial score (nSPS) is 9.64. The zero-order valence-corrected chi connectivity index (χ0v) is 8.23. The summed E-state index contributed by atoms with van der Waals surface area (Å²) >= 11 is 0. The molecule has 1 heterocycles. The van der Waals surface area contributed by atoms with Gasteiger partial charge in [-0.05, 0) is 6.92 Å². The van der Waals surface area contributed by atoms with Crippen LogP contribution in [0.5, 0.6) is 5.75 Å². The second-order valence-corrected chi connectivity index (χ2v) is 2.68. The van der Waals surface area contributed by atoms with E-state index < -0.39 is 5.97 Å². The third kappa shape index (κ3) is 1.61. The quantitative estimate of drug-likeness (QED) is 0.391. The maximum absolute atomic E-state index is 11.3. The number of hydrogen-bond donors (Lipinski definition) is 0. The van der Waals surface area contributed by atoms with Crippen LogP contribution in [0, 0.1) is 12.1 Å². The molecular weight excluding hydrogens is 186 g/mol. The molecule has 5 nitrogen and oxygen atoms in total. The first kappa shape index (κ1) is 10.3. The van der Waals surface area contributed by atoms with Crippen molar-refractivity contribution in [2.45, 2.75) is 6.92 Å². The average molecular weight is 197 g/mol. The molecule has 14 heavy (non-hydrogen) atoms. The van der Waals surface area contributed by atoms with Gasteiger partial charge in [-0.3, -0.25) is 0 Å². The summed E-state index contributed by atoms with van der Waals surface area (Å²) in [5.74, 6) is -0.186. The fourth-order valence-electron chi connectivity index (χ4n) is 1.18. The Hall–Kier alpha value is -1.78. The van der Waals surface area contributed by atoms with Gasteiger partial charge in [-0.2, -0.15) is 4.73 Å². The van der Waals surface area contributed by atoms with Crippen LogP contribution < -0.4 is 9.47 Å². The number of methoxy groups -OCH3 is 2. The Bertz CT molecular complexity index is 362. The smallest absolute Gasteiger partial charge is 0.405 e. The molecule has 0 atom stereocenters. The van der Waals surface area contributed by atoms with Gasteiger partial charge >= 0.3 is 11.7 Å². The van der Waals surface area contributed by atoms with E-state index in [1.165, 1.54) is 26.5 Å². The first-order valence-electron chi connectivity index (χ1n) is 3.97. The third-order valence-corrected chi connectivity index (χ3v) is 1.91. The van der Waals surface area contributed by atoms with Gasteiger partial charge in [-0.15, -0.1) is 0 Å². The van der Waals surface area contributed by atoms with Crippen molar-refractivity contribution in [3.63, 3.8) is 0 Å². The molecule has 0 unspecified atom stereocenters. The molecule has 1 aromatic rings. The molecule has 0 fully saturated rings. The van der Waals surface area contributed by atoms with Crippen LogP contribution in [0.3, 0.4) is 0 Å². The maximum atomic E-state index is 11.3. The molecule has 0 N–H and O–H groups in total. The summed E-state index contributed by atoms with van der Waals surface area (Å²) in [6.45, 7) is 1.62. The average Bonchev–Trinajstić information content (AvgIpc) is 2.18. The molecule has 76 valence electrons. The minimum atomic E-state index is -0.670. The third-order valence-electron chi connectivity index (χ3n) is 1.91. The summed E-state index contributed by atoms with van der Waals surface area (Å²) in [7, 11) is 2.69. The lowest BCUT2D eigenvalue weighted by molar-refractivity contribution is -0.608. The van der Waals surface area contributed by atoms with Crippen molar-refractivity contribution in [2.75, 3.05) is 14.2 Å². The van der Waals surface area contributed by atoms with E-state index in [9.17, 15) is 10.0 Å². The molecule has 0 bridgehead atoms. The van der Waals surface area contributed by atoms with E-state index in [1.807, 2.05) is 0 Å². The molecule has 0 aliphatic rings. The van der Waals surface area contributed by atoms with Crippen molar-refractivity contribution in [1.29, 1.82) is 0 Å². The Labute approximate surface area is 81.5 Å². The Kier molecular flexibility index (Phi) is 2.91. The van der Waals surface area contributed by atoms with Crippen LogP contribution in [-0.4, -0.2) is 20.2 Å². The minimum absolute atomic E-state index is 0.0492. The van der Waals surface area contributed by atoms with Crippen LogP contribution in [0.25, 0.3) is 0 Å². The minimum Gasteiger partial charge on any atom is -0.618 e. The molecule has 0 spiro atoms. The topological polar surface area (TPSA) is 62.5 Å². The van der Waals surface area contributed by atoms with E-state index in [0.29, 0.717) is 16.0 Å². The Morgan fingerprint density at radius 2 is 2.14 bits per heavy atom. The van der Waals surface area contributed by atoms with Gasteiger partial charge in [0.25, 0.3) is 0 Å². The molecule has 0 radical (unpaired) electrons. The van der Waals surface area contributed by atoms with Gasteiger partial charge in [0.05, 0.1) is 19.8 Å². The summed E-state index contributed by atoms with van der Waals surface area (Å²) in [4.78, 5) is 11.2. The van der Waals surface area contributed by atoms with Crippen LogP contribution in [0.2, 0.25) is 0 Å². The molecule has 5 heteroatoms. The number of ether oxygens (including phenoxy) is 2. The summed E-state index contributed by atoms with van der Waals surface area (Å²) < 4.78 is 9.92. The Morgan fingerprint density at radius 1 is 1.50 bits per heavy atom. The molecular formula is C9H11NO4. The van der Waals surface area contributed by atoms with Gasteiger partial charge in [0.2, 0.25) is 0 Å². The van der Waals surface area contributed by atoms with Crippen LogP contribution in [0.4, 0.5) is 0 Å². The molecule has 1 rings (SSSR count). The second kappa shape index (κ2) is 3.95. The van der Waals surface area contributed by atoms with Crippen molar-refractivity contribution in [3.05, 3.63) is 28.7 Å². The molecule has 0 amide bonds. The first-order chi connectivity index (χ1) is 6.61. The van der Waals surface area contributed by atoms with Gasteiger partial charge in [-0.25, -0.2) is 4.79 Å². The van der Waals surface area contributed by atoms with Crippen LogP contribution >= 0.6 is 0 Å². The lowest BCUT2D eigenvalue weighted by atomic mass is 10.2. The molecule has 0 saturated carbocycles. The summed E-state index contributed by atoms with van der Waals surface area (Å²) in [5, 5.41) is 11.3. The van der Waals surface area contributed by atoms with E-state index >= 15 is 0 Å². The van der Waals surface area contributed by atoms with Crippen LogP contribution in [0.1, 0.15) is 16.1 Å². The van der Waals surface area contributed by atoms with E-state index in [-0.39, 0.29) is 5.69 Å². The summed E-state index contributed by atoms with van der Waals surface area (Å²) in [6, 6.07) is 1.49. The van der Waals surface area contributed by atoms with E-state index in [4.69, 9.17) is 4.74 Å². The highest BCUT2D eigenvalue weighted by atomic mass is 16.5. The number of pyridine rings is 1. The standard InChI is InChI=1S/C9H11NO4/c1-6-7(13-2)4-5-10(12)8(6)9(11)14-3/h4-5H,1-3H3. The van der Waals surface area contributed by atoms with Gasteiger partial charge in [0.1, 0.15) is 5.75 Å². The Morgan fingerprint density at radius 3 is 2.64 bits per heavy atom. The highest BCUT2D eigenvalue weighted by Crippen LogP contribution is 2.17. The molecule has 0 aliphatic heterocycles. The molecule has 0 aliphatic carbocycles. The first-order valence-corrected chi connectivity index (χ1v) is 3.97. The lowest BCUT2D eigenvalue weighted by Gasteiger charge is -2.08. The number of carbonyl (C=O) groups excluding carboxylic acids is 1. The van der Waals surface area contributed by atoms with Crippen molar-refractivity contribution in [2.24, 2.45) is 0 Å². The van der Waals surface area contributed by atoms with Crippen molar-refractivity contribution in [3.8, 4) is 5.75 Å². The second-order valence-electron chi connectivity index (χ2n) is 2.68. The SMILES string of the molecule is COC(=O)c1c(C)c(OC)cc[n+]1[O-]. The molecule has 0 saturated heterocycles. The number of aromatic nitrogens is 1. The van der Waals surface area contributed by atoms with Crippen LogP contribution in [-0.2, 0) is 4.74 Å². The van der Waals surface area contributed by atoms with Gasteiger partial charge in [0, 0.05) is 6.07 Å². The zero-order chi connectivity index (χ0) is 10.7. The Balaban J connectivity index is 3.32. The van der Waals surface area contributed by atoms with Gasteiger partial charge < -0.3 is 14.7 Å². The number of rotatable bonds is 2. The van der Waals surface area contributed by atoms with E-state index in [0.717, 1.165) is 0 Å². The van der Waals surface area contributed by atoms with E-state index in [2.05, 4.69) is 4.74 Å². The summed E-state index contributed by atoms with van der Waals surface area (Å²) in [6.07, 6.45) is 1.21. The molecule has 0 aromatic carbocycles. The number of hydrogen-bond acceptors (Lipinski definition) is 4. The lowest BCUT2D eigenvalue weighted by Crippen LogP contribution is -2.35. The highest BCUT2D eigenvalue weighted by Gasteiger charge is 2.22.